The summed E-state index contributed by atoms with van der Waals surface area (Å²) in [6, 6.07) is 6.02. The number of fused-ring (bicyclic) bond motifs is 1. The fraction of sp³-hybridized carbons (Fsp3) is 0.333. The Kier molecular flexibility index (Phi) is 6.18. The van der Waals surface area contributed by atoms with E-state index in [4.69, 9.17) is 25.9 Å². The number of carbonyl (C=O) groups excluding carboxylic acids is 1. The van der Waals surface area contributed by atoms with Crippen LogP contribution in [0.25, 0.3) is 22.0 Å². The van der Waals surface area contributed by atoms with Crippen LogP contribution < -0.4 is 11.1 Å². The first kappa shape index (κ1) is 22.1. The van der Waals surface area contributed by atoms with Gasteiger partial charge in [-0.3, -0.25) is 14.6 Å². The minimum Gasteiger partial charge on any atom is -0.483 e. The normalized spacial score (nSPS) is 18.5. The van der Waals surface area contributed by atoms with Gasteiger partial charge < -0.3 is 16.2 Å². The highest BCUT2D eigenvalue weighted by molar-refractivity contribution is 6.01. The van der Waals surface area contributed by atoms with E-state index < -0.39 is 0 Å². The number of amides is 1. The SMILES string of the molecule is Cc1ccncc1-c1nc(N)c2cnc(NC(=O)C3CC3CC#N)cc2c1C1CC1.O=CO. The Morgan fingerprint density at radius 2 is 2.12 bits per heavy atom. The van der Waals surface area contributed by atoms with Gasteiger partial charge in [-0.2, -0.15) is 5.26 Å². The third-order valence-electron chi connectivity index (χ3n) is 6.10. The lowest BCUT2D eigenvalue weighted by atomic mass is 9.95. The van der Waals surface area contributed by atoms with Crippen molar-refractivity contribution in [3.8, 4) is 17.3 Å². The summed E-state index contributed by atoms with van der Waals surface area (Å²) in [5.74, 6) is 1.36. The number of nitrogens with one attached hydrogen (secondary N) is 1. The first-order chi connectivity index (χ1) is 16.0. The zero-order chi connectivity index (χ0) is 23.5. The van der Waals surface area contributed by atoms with Crippen molar-refractivity contribution < 1.29 is 14.7 Å². The van der Waals surface area contributed by atoms with Crippen molar-refractivity contribution in [3.63, 3.8) is 0 Å². The molecule has 3 aromatic rings. The van der Waals surface area contributed by atoms with Crippen molar-refractivity contribution in [2.75, 3.05) is 11.1 Å². The van der Waals surface area contributed by atoms with Crippen LogP contribution in [0.5, 0.6) is 0 Å². The van der Waals surface area contributed by atoms with Crippen molar-refractivity contribution in [1.29, 1.82) is 5.26 Å². The molecule has 2 fully saturated rings. The van der Waals surface area contributed by atoms with Gasteiger partial charge in [0.1, 0.15) is 11.6 Å². The summed E-state index contributed by atoms with van der Waals surface area (Å²) in [5.41, 5.74) is 10.4. The molecule has 0 aromatic carbocycles. The Balaban J connectivity index is 0.000000821. The van der Waals surface area contributed by atoms with Crippen LogP contribution in [-0.4, -0.2) is 32.4 Å². The molecule has 4 N–H and O–H groups in total. The molecular weight excluding hydrogens is 420 g/mol. The minimum absolute atomic E-state index is 0.0690. The Labute approximate surface area is 190 Å². The van der Waals surface area contributed by atoms with Gasteiger partial charge in [0.15, 0.2) is 0 Å². The molecule has 2 aliphatic rings. The molecule has 33 heavy (non-hydrogen) atoms. The van der Waals surface area contributed by atoms with Gasteiger partial charge >= 0.3 is 0 Å². The van der Waals surface area contributed by atoms with Crippen LogP contribution in [0.15, 0.2) is 30.7 Å². The number of nitrogens with zero attached hydrogens (tertiary/aromatic N) is 4. The topological polar surface area (TPSA) is 155 Å². The maximum absolute atomic E-state index is 12.5. The molecule has 2 aliphatic carbocycles. The minimum atomic E-state index is -0.250. The van der Waals surface area contributed by atoms with Crippen LogP contribution in [0.2, 0.25) is 0 Å². The first-order valence-corrected chi connectivity index (χ1v) is 10.7. The molecule has 2 unspecified atom stereocenters. The van der Waals surface area contributed by atoms with E-state index in [0.717, 1.165) is 52.4 Å². The maximum atomic E-state index is 12.5. The third kappa shape index (κ3) is 4.60. The largest absolute Gasteiger partial charge is 0.483 e. The zero-order valence-electron chi connectivity index (χ0n) is 18.2. The summed E-state index contributed by atoms with van der Waals surface area (Å²) in [6.07, 6.45) is 8.70. The third-order valence-corrected chi connectivity index (χ3v) is 6.10. The van der Waals surface area contributed by atoms with Gasteiger partial charge in [0.25, 0.3) is 6.47 Å². The zero-order valence-corrected chi connectivity index (χ0v) is 18.2. The van der Waals surface area contributed by atoms with Gasteiger partial charge in [0.05, 0.1) is 11.8 Å². The van der Waals surface area contributed by atoms with E-state index in [-0.39, 0.29) is 24.2 Å². The van der Waals surface area contributed by atoms with Gasteiger partial charge in [0, 0.05) is 41.9 Å². The number of nitrogens with two attached hydrogens (primary N) is 1. The second-order valence-corrected chi connectivity index (χ2v) is 8.40. The smallest absolute Gasteiger partial charge is 0.290 e. The van der Waals surface area contributed by atoms with Crippen molar-refractivity contribution in [2.24, 2.45) is 11.8 Å². The number of pyridine rings is 3. The second kappa shape index (κ2) is 9.20. The van der Waals surface area contributed by atoms with Crippen LogP contribution >= 0.6 is 0 Å². The van der Waals surface area contributed by atoms with Crippen LogP contribution in [0.1, 0.15) is 42.7 Å². The molecule has 2 atom stereocenters. The van der Waals surface area contributed by atoms with Gasteiger partial charge in [0.2, 0.25) is 5.91 Å². The first-order valence-electron chi connectivity index (χ1n) is 10.7. The number of hydrogen-bond donors (Lipinski definition) is 3. The van der Waals surface area contributed by atoms with Crippen LogP contribution in [0.4, 0.5) is 11.6 Å². The van der Waals surface area contributed by atoms with Crippen molar-refractivity contribution >= 4 is 34.8 Å². The van der Waals surface area contributed by atoms with E-state index in [1.54, 1.807) is 12.4 Å². The maximum Gasteiger partial charge on any atom is 0.290 e. The predicted octanol–water partition coefficient (Wildman–Crippen LogP) is 3.65. The lowest BCUT2D eigenvalue weighted by Crippen LogP contribution is -2.15. The lowest BCUT2D eigenvalue weighted by molar-refractivity contribution is -0.123. The van der Waals surface area contributed by atoms with Crippen LogP contribution in [0.3, 0.4) is 0 Å². The molecule has 0 spiro atoms. The van der Waals surface area contributed by atoms with Gasteiger partial charge in [-0.25, -0.2) is 9.97 Å². The molecule has 0 aliphatic heterocycles. The molecule has 2 saturated carbocycles. The highest BCUT2D eigenvalue weighted by Gasteiger charge is 2.42. The van der Waals surface area contributed by atoms with E-state index in [0.29, 0.717) is 24.0 Å². The quantitative estimate of drug-likeness (QED) is 0.504. The summed E-state index contributed by atoms with van der Waals surface area (Å²) in [7, 11) is 0. The molecule has 0 radical (unpaired) electrons. The monoisotopic (exact) mass is 444 g/mol. The molecule has 9 nitrogen and oxygen atoms in total. The second-order valence-electron chi connectivity index (χ2n) is 8.40. The summed E-state index contributed by atoms with van der Waals surface area (Å²) < 4.78 is 0. The highest BCUT2D eigenvalue weighted by atomic mass is 16.3. The Morgan fingerprint density at radius 3 is 2.79 bits per heavy atom. The number of aromatic nitrogens is 3. The average molecular weight is 444 g/mol. The Bertz CT molecular complexity index is 1270. The Morgan fingerprint density at radius 1 is 1.36 bits per heavy atom. The molecular formula is C24H24N6O3. The van der Waals surface area contributed by atoms with Gasteiger partial charge in [-0.15, -0.1) is 0 Å². The van der Waals surface area contributed by atoms with Crippen molar-refractivity contribution in [3.05, 3.63) is 41.9 Å². The molecule has 0 saturated heterocycles. The van der Waals surface area contributed by atoms with E-state index in [1.165, 1.54) is 0 Å². The van der Waals surface area contributed by atoms with E-state index in [9.17, 15) is 4.79 Å². The molecule has 9 heteroatoms. The molecule has 3 aromatic heterocycles. The van der Waals surface area contributed by atoms with Crippen molar-refractivity contribution in [2.45, 2.75) is 38.5 Å². The number of nitrogen functional groups attached to an aromatic ring is 1. The highest BCUT2D eigenvalue weighted by Crippen LogP contribution is 2.48. The fourth-order valence-electron chi connectivity index (χ4n) is 4.15. The molecule has 3 heterocycles. The van der Waals surface area contributed by atoms with Crippen LogP contribution in [-0.2, 0) is 9.59 Å². The number of nitriles is 1. The number of rotatable bonds is 5. The average Bonchev–Trinajstić information content (AvgIpc) is 3.70. The summed E-state index contributed by atoms with van der Waals surface area (Å²) >= 11 is 0. The van der Waals surface area contributed by atoms with E-state index in [2.05, 4.69) is 21.4 Å². The summed E-state index contributed by atoms with van der Waals surface area (Å²) in [5, 5.41) is 20.4. The van der Waals surface area contributed by atoms with E-state index >= 15 is 0 Å². The molecule has 168 valence electrons. The predicted molar refractivity (Wildman–Crippen MR) is 123 cm³/mol. The van der Waals surface area contributed by atoms with Gasteiger partial charge in [-0.1, -0.05) is 0 Å². The van der Waals surface area contributed by atoms with Crippen LogP contribution in [0, 0.1) is 30.1 Å². The standard InChI is InChI=1S/C23H22N6O.CH2O2/c1-12-5-7-26-10-17(12)21-20(13-2-3-13)16-9-19(27-11-18(16)22(25)29-21)28-23(30)15-8-14(15)4-6-24;2-1-3/h5,7,9-11,13-15H,2-4,8H2,1H3,(H2,25,29)(H,27,28,30);1H,(H,2,3). The number of anilines is 2. The Hall–Kier alpha value is -4.06. The summed E-state index contributed by atoms with van der Waals surface area (Å²) in [4.78, 5) is 34.3. The number of carbonyl (C=O) groups is 2. The number of aryl methyl sites for hydroxylation is 1. The molecule has 0 bridgehead atoms. The van der Waals surface area contributed by atoms with Gasteiger partial charge in [-0.05, 0) is 66.7 Å². The fourth-order valence-corrected chi connectivity index (χ4v) is 4.15. The number of carboxylic acid groups (broad SMARTS) is 1. The number of hydrogen-bond acceptors (Lipinski definition) is 7. The lowest BCUT2D eigenvalue weighted by Gasteiger charge is -2.16. The van der Waals surface area contributed by atoms with E-state index in [1.807, 2.05) is 25.3 Å². The molecule has 5 rings (SSSR count). The summed E-state index contributed by atoms with van der Waals surface area (Å²) in [6.45, 7) is 1.79. The van der Waals surface area contributed by atoms with Crippen molar-refractivity contribution in [1.82, 2.24) is 15.0 Å². The molecule has 1 amide bonds.